The first-order valence-corrected chi connectivity index (χ1v) is 8.77. The van der Waals surface area contributed by atoms with Crippen LogP contribution in [0.3, 0.4) is 0 Å². The summed E-state index contributed by atoms with van der Waals surface area (Å²) in [5, 5.41) is 2.88. The number of nitrogens with zero attached hydrogens (tertiary/aromatic N) is 1. The first kappa shape index (κ1) is 17.9. The molecule has 1 N–H and O–H groups in total. The van der Waals surface area contributed by atoms with Crippen LogP contribution in [0.4, 0.5) is 0 Å². The van der Waals surface area contributed by atoms with Crippen LogP contribution in [-0.2, 0) is 24.2 Å². The fourth-order valence-corrected chi connectivity index (χ4v) is 4.10. The normalized spacial score (nSPS) is 22.0. The average molecular weight is 320 g/mol. The van der Waals surface area contributed by atoms with E-state index in [1.807, 2.05) is 13.8 Å². The summed E-state index contributed by atoms with van der Waals surface area (Å²) in [4.78, 5) is 25.1. The number of hydrogen-bond acceptors (Lipinski definition) is 6. The zero-order valence-corrected chi connectivity index (χ0v) is 13.8. The molecule has 1 heterocycles. The van der Waals surface area contributed by atoms with E-state index in [0.29, 0.717) is 6.42 Å². The highest BCUT2D eigenvalue weighted by Gasteiger charge is 2.33. The van der Waals surface area contributed by atoms with E-state index >= 15 is 0 Å². The predicted octanol–water partition coefficient (Wildman–Crippen LogP) is -0.581. The van der Waals surface area contributed by atoms with Crippen LogP contribution in [0.2, 0.25) is 0 Å². The number of hydrogen-bond donors (Lipinski definition) is 1. The number of sulfone groups is 1. The summed E-state index contributed by atoms with van der Waals surface area (Å²) >= 11 is 0. The Morgan fingerprint density at radius 2 is 2.00 bits per heavy atom. The van der Waals surface area contributed by atoms with Gasteiger partial charge in [-0.3, -0.25) is 14.9 Å². The van der Waals surface area contributed by atoms with E-state index < -0.39 is 21.8 Å². The number of likely N-dealkylation sites (N-methyl/N-ethyl adjacent to an activating group) is 1. The molecule has 0 saturated carbocycles. The fraction of sp³-hybridized carbons (Fsp3) is 0.846. The lowest BCUT2D eigenvalue weighted by molar-refractivity contribution is -0.144. The number of methoxy groups -OCH3 is 1. The molecule has 1 aliphatic heterocycles. The molecule has 1 saturated heterocycles. The summed E-state index contributed by atoms with van der Waals surface area (Å²) in [6, 6.07) is -0.834. The van der Waals surface area contributed by atoms with Crippen molar-refractivity contribution in [1.29, 1.82) is 0 Å². The maximum absolute atomic E-state index is 12.1. The highest BCUT2D eigenvalue weighted by atomic mass is 32.2. The standard InChI is InChI=1S/C13H24N2O5S/c1-9(2)12(13(17)20-4)14-7-11(16)15(3)10-5-6-21(18,19)8-10/h9-10,12,14H,5-8H2,1-4H3. The number of nitrogens with one attached hydrogen (secondary N) is 1. The monoisotopic (exact) mass is 320 g/mol. The van der Waals surface area contributed by atoms with Crippen molar-refractivity contribution in [3.63, 3.8) is 0 Å². The van der Waals surface area contributed by atoms with Crippen molar-refractivity contribution < 1.29 is 22.7 Å². The van der Waals surface area contributed by atoms with Gasteiger partial charge < -0.3 is 9.64 Å². The van der Waals surface area contributed by atoms with Crippen LogP contribution in [0.25, 0.3) is 0 Å². The SMILES string of the molecule is COC(=O)C(NCC(=O)N(C)C1CCS(=O)(=O)C1)C(C)C. The summed E-state index contributed by atoms with van der Waals surface area (Å²) < 4.78 is 27.6. The second-order valence-corrected chi connectivity index (χ2v) is 7.92. The van der Waals surface area contributed by atoms with E-state index in [0.717, 1.165) is 0 Å². The molecule has 0 aromatic heterocycles. The molecular formula is C13H24N2O5S. The second-order valence-electron chi connectivity index (χ2n) is 5.69. The van der Waals surface area contributed by atoms with Crippen molar-refractivity contribution in [2.75, 3.05) is 32.2 Å². The summed E-state index contributed by atoms with van der Waals surface area (Å²) in [6.07, 6.45) is 0.467. The van der Waals surface area contributed by atoms with Crippen molar-refractivity contribution >= 4 is 21.7 Å². The molecule has 0 aromatic carbocycles. The molecular weight excluding hydrogens is 296 g/mol. The van der Waals surface area contributed by atoms with E-state index in [-0.39, 0.29) is 35.9 Å². The van der Waals surface area contributed by atoms with Crippen LogP contribution in [0.5, 0.6) is 0 Å². The molecule has 8 heteroatoms. The van der Waals surface area contributed by atoms with Gasteiger partial charge in [0.15, 0.2) is 9.84 Å². The van der Waals surface area contributed by atoms with Gasteiger partial charge in [-0.05, 0) is 12.3 Å². The van der Waals surface area contributed by atoms with E-state index in [1.54, 1.807) is 7.05 Å². The maximum Gasteiger partial charge on any atom is 0.323 e. The van der Waals surface area contributed by atoms with Crippen LogP contribution >= 0.6 is 0 Å². The molecule has 0 spiro atoms. The number of amides is 1. The van der Waals surface area contributed by atoms with Gasteiger partial charge >= 0.3 is 5.97 Å². The highest BCUT2D eigenvalue weighted by Crippen LogP contribution is 2.16. The number of carbonyl (C=O) groups is 2. The smallest absolute Gasteiger partial charge is 0.323 e. The lowest BCUT2D eigenvalue weighted by Gasteiger charge is -2.25. The molecule has 0 aliphatic carbocycles. The maximum atomic E-state index is 12.1. The Morgan fingerprint density at radius 1 is 1.38 bits per heavy atom. The summed E-state index contributed by atoms with van der Waals surface area (Å²) in [6.45, 7) is 3.68. The van der Waals surface area contributed by atoms with Crippen LogP contribution < -0.4 is 5.32 Å². The van der Waals surface area contributed by atoms with Crippen molar-refractivity contribution in [3.8, 4) is 0 Å². The summed E-state index contributed by atoms with van der Waals surface area (Å²) in [5.74, 6) is -0.516. The third-order valence-corrected chi connectivity index (χ3v) is 5.49. The van der Waals surface area contributed by atoms with Gasteiger partial charge in [0.2, 0.25) is 5.91 Å². The molecule has 1 rings (SSSR count). The van der Waals surface area contributed by atoms with Gasteiger partial charge in [-0.15, -0.1) is 0 Å². The molecule has 122 valence electrons. The minimum atomic E-state index is -3.02. The van der Waals surface area contributed by atoms with Gasteiger partial charge in [0.1, 0.15) is 6.04 Å². The largest absolute Gasteiger partial charge is 0.468 e. The molecule has 2 unspecified atom stereocenters. The van der Waals surface area contributed by atoms with Crippen molar-refractivity contribution in [3.05, 3.63) is 0 Å². The third-order valence-electron chi connectivity index (χ3n) is 3.74. The molecule has 7 nitrogen and oxygen atoms in total. The zero-order valence-electron chi connectivity index (χ0n) is 13.0. The van der Waals surface area contributed by atoms with Gasteiger partial charge in [0.25, 0.3) is 0 Å². The van der Waals surface area contributed by atoms with Crippen molar-refractivity contribution in [1.82, 2.24) is 10.2 Å². The summed E-state index contributed by atoms with van der Waals surface area (Å²) in [7, 11) is -0.127. The van der Waals surface area contributed by atoms with Gasteiger partial charge in [-0.25, -0.2) is 8.42 Å². The third kappa shape index (κ3) is 4.96. The van der Waals surface area contributed by atoms with E-state index in [4.69, 9.17) is 0 Å². The Morgan fingerprint density at radius 3 is 2.43 bits per heavy atom. The number of rotatable bonds is 6. The van der Waals surface area contributed by atoms with Crippen LogP contribution in [0, 0.1) is 5.92 Å². The Labute approximate surface area is 125 Å². The quantitative estimate of drug-likeness (QED) is 0.658. The first-order chi connectivity index (χ1) is 9.68. The van der Waals surface area contributed by atoms with Crippen molar-refractivity contribution in [2.45, 2.75) is 32.4 Å². The number of carbonyl (C=O) groups excluding carboxylic acids is 2. The predicted molar refractivity (Wildman–Crippen MR) is 78.5 cm³/mol. The van der Waals surface area contributed by atoms with E-state index in [9.17, 15) is 18.0 Å². The van der Waals surface area contributed by atoms with Crippen LogP contribution in [0.15, 0.2) is 0 Å². The lowest BCUT2D eigenvalue weighted by atomic mass is 10.0. The lowest BCUT2D eigenvalue weighted by Crippen LogP contribution is -2.48. The summed E-state index contributed by atoms with van der Waals surface area (Å²) in [5.41, 5.74) is 0. The minimum Gasteiger partial charge on any atom is -0.468 e. The molecule has 1 amide bonds. The van der Waals surface area contributed by atoms with Gasteiger partial charge in [0, 0.05) is 13.1 Å². The highest BCUT2D eigenvalue weighted by molar-refractivity contribution is 7.91. The van der Waals surface area contributed by atoms with Crippen LogP contribution in [-0.4, -0.2) is 69.5 Å². The Bertz CT molecular complexity index is 489. The topological polar surface area (TPSA) is 92.8 Å². The van der Waals surface area contributed by atoms with Gasteiger partial charge in [0.05, 0.1) is 25.2 Å². The number of ether oxygens (including phenoxy) is 1. The average Bonchev–Trinajstić information content (AvgIpc) is 2.77. The molecule has 1 fully saturated rings. The molecule has 21 heavy (non-hydrogen) atoms. The molecule has 0 bridgehead atoms. The Balaban J connectivity index is 2.54. The molecule has 1 aliphatic rings. The van der Waals surface area contributed by atoms with E-state index in [2.05, 4.69) is 10.1 Å². The second kappa shape index (κ2) is 7.22. The fourth-order valence-electron chi connectivity index (χ4n) is 2.32. The first-order valence-electron chi connectivity index (χ1n) is 6.95. The Hall–Kier alpha value is -1.15. The minimum absolute atomic E-state index is 0.0117. The van der Waals surface area contributed by atoms with Gasteiger partial charge in [-0.2, -0.15) is 0 Å². The number of esters is 1. The van der Waals surface area contributed by atoms with Crippen LogP contribution in [0.1, 0.15) is 20.3 Å². The van der Waals surface area contributed by atoms with Gasteiger partial charge in [-0.1, -0.05) is 13.8 Å². The zero-order chi connectivity index (χ0) is 16.2. The van der Waals surface area contributed by atoms with E-state index in [1.165, 1.54) is 12.0 Å². The molecule has 0 radical (unpaired) electrons. The molecule has 2 atom stereocenters. The van der Waals surface area contributed by atoms with Crippen molar-refractivity contribution in [2.24, 2.45) is 5.92 Å². The Kier molecular flexibility index (Phi) is 6.15. The molecule has 0 aromatic rings.